The molecule has 2 aromatic carbocycles. The number of rotatable bonds is 2. The average Bonchev–Trinajstić information content (AvgIpc) is 2.46. The van der Waals surface area contributed by atoms with Gasteiger partial charge in [-0.05, 0) is 42.2 Å². The normalized spacial score (nSPS) is 23.4. The lowest BCUT2D eigenvalue weighted by Gasteiger charge is -2.31. The van der Waals surface area contributed by atoms with Crippen LogP contribution in [-0.2, 0) is 5.54 Å². The molecule has 0 fully saturated rings. The van der Waals surface area contributed by atoms with Crippen molar-refractivity contribution in [3.8, 4) is 0 Å². The second-order valence-electron chi connectivity index (χ2n) is 5.29. The smallest absolute Gasteiger partial charge is 0.0846 e. The zero-order chi connectivity index (χ0) is 13.3. The SMILES string of the molecule is CCC1=NC(C)(c2ccc3ccccc3c2)CCS1. The first-order valence-electron chi connectivity index (χ1n) is 6.92. The first kappa shape index (κ1) is 12.7. The van der Waals surface area contributed by atoms with E-state index in [4.69, 9.17) is 4.99 Å². The van der Waals surface area contributed by atoms with Crippen LogP contribution in [0.15, 0.2) is 47.5 Å². The van der Waals surface area contributed by atoms with Gasteiger partial charge in [-0.2, -0.15) is 0 Å². The third-order valence-corrected chi connectivity index (χ3v) is 5.02. The molecule has 19 heavy (non-hydrogen) atoms. The maximum Gasteiger partial charge on any atom is 0.0846 e. The van der Waals surface area contributed by atoms with E-state index in [9.17, 15) is 0 Å². The monoisotopic (exact) mass is 269 g/mol. The van der Waals surface area contributed by atoms with E-state index in [1.807, 2.05) is 11.8 Å². The molecule has 1 nitrogen and oxygen atoms in total. The van der Waals surface area contributed by atoms with E-state index in [0.717, 1.165) is 12.8 Å². The molecule has 1 heterocycles. The Balaban J connectivity index is 2.08. The second kappa shape index (κ2) is 5.01. The third-order valence-electron chi connectivity index (χ3n) is 3.90. The molecule has 0 bridgehead atoms. The highest BCUT2D eigenvalue weighted by Crippen LogP contribution is 2.37. The summed E-state index contributed by atoms with van der Waals surface area (Å²) < 4.78 is 0. The van der Waals surface area contributed by atoms with Gasteiger partial charge in [0.1, 0.15) is 0 Å². The minimum Gasteiger partial charge on any atom is -0.272 e. The Morgan fingerprint density at radius 3 is 2.74 bits per heavy atom. The molecule has 2 heteroatoms. The fourth-order valence-corrected chi connectivity index (χ4v) is 3.85. The van der Waals surface area contributed by atoms with Crippen LogP contribution in [0, 0.1) is 0 Å². The van der Waals surface area contributed by atoms with Crippen LogP contribution in [0.2, 0.25) is 0 Å². The van der Waals surface area contributed by atoms with E-state index in [2.05, 4.69) is 56.3 Å². The maximum atomic E-state index is 4.99. The first-order chi connectivity index (χ1) is 9.21. The molecule has 3 rings (SSSR count). The molecule has 1 atom stereocenters. The van der Waals surface area contributed by atoms with Crippen LogP contribution in [0.25, 0.3) is 10.8 Å². The quantitative estimate of drug-likeness (QED) is 0.747. The van der Waals surface area contributed by atoms with Crippen LogP contribution in [0.4, 0.5) is 0 Å². The van der Waals surface area contributed by atoms with Crippen LogP contribution < -0.4 is 0 Å². The summed E-state index contributed by atoms with van der Waals surface area (Å²) in [4.78, 5) is 4.99. The summed E-state index contributed by atoms with van der Waals surface area (Å²) in [5.74, 6) is 1.18. The molecule has 1 unspecified atom stereocenters. The lowest BCUT2D eigenvalue weighted by molar-refractivity contribution is 0.482. The van der Waals surface area contributed by atoms with Crippen molar-refractivity contribution in [3.63, 3.8) is 0 Å². The molecule has 1 aliphatic heterocycles. The Morgan fingerprint density at radius 1 is 1.16 bits per heavy atom. The van der Waals surface area contributed by atoms with Gasteiger partial charge in [0.2, 0.25) is 0 Å². The molecule has 0 spiro atoms. The summed E-state index contributed by atoms with van der Waals surface area (Å²) in [7, 11) is 0. The summed E-state index contributed by atoms with van der Waals surface area (Å²) >= 11 is 1.91. The predicted octanol–water partition coefficient (Wildman–Crippen LogP) is 5.00. The van der Waals surface area contributed by atoms with Gasteiger partial charge in [-0.15, -0.1) is 11.8 Å². The molecule has 0 radical (unpaired) electrons. The maximum absolute atomic E-state index is 4.99. The van der Waals surface area contributed by atoms with Crippen LogP contribution in [0.3, 0.4) is 0 Å². The van der Waals surface area contributed by atoms with Crippen molar-refractivity contribution in [1.29, 1.82) is 0 Å². The number of nitrogens with zero attached hydrogens (tertiary/aromatic N) is 1. The van der Waals surface area contributed by atoms with Gasteiger partial charge in [0, 0.05) is 5.75 Å². The number of hydrogen-bond acceptors (Lipinski definition) is 2. The van der Waals surface area contributed by atoms with Gasteiger partial charge < -0.3 is 0 Å². The molecular weight excluding hydrogens is 250 g/mol. The number of benzene rings is 2. The van der Waals surface area contributed by atoms with Crippen LogP contribution in [0.1, 0.15) is 32.3 Å². The third kappa shape index (κ3) is 2.42. The Labute approximate surface area is 119 Å². The average molecular weight is 269 g/mol. The van der Waals surface area contributed by atoms with E-state index in [0.29, 0.717) is 0 Å². The molecule has 0 aromatic heterocycles. The van der Waals surface area contributed by atoms with E-state index < -0.39 is 0 Å². The number of aliphatic imine (C=N–C) groups is 1. The summed E-state index contributed by atoms with van der Waals surface area (Å²) in [5.41, 5.74) is 1.30. The van der Waals surface area contributed by atoms with Gasteiger partial charge in [-0.1, -0.05) is 43.3 Å². The fourth-order valence-electron chi connectivity index (χ4n) is 2.65. The van der Waals surface area contributed by atoms with Gasteiger partial charge in [0.25, 0.3) is 0 Å². The molecule has 0 saturated carbocycles. The van der Waals surface area contributed by atoms with Crippen molar-refractivity contribution in [3.05, 3.63) is 48.0 Å². The molecule has 0 aliphatic carbocycles. The zero-order valence-electron chi connectivity index (χ0n) is 11.5. The zero-order valence-corrected chi connectivity index (χ0v) is 12.3. The second-order valence-corrected chi connectivity index (χ2v) is 6.46. The van der Waals surface area contributed by atoms with Gasteiger partial charge in [0.15, 0.2) is 0 Å². The molecule has 0 saturated heterocycles. The number of fused-ring (bicyclic) bond motifs is 1. The van der Waals surface area contributed by atoms with Crippen LogP contribution in [-0.4, -0.2) is 10.8 Å². The highest BCUT2D eigenvalue weighted by Gasteiger charge is 2.29. The van der Waals surface area contributed by atoms with E-state index in [-0.39, 0.29) is 5.54 Å². The van der Waals surface area contributed by atoms with Crippen LogP contribution >= 0.6 is 11.8 Å². The molecule has 1 aliphatic rings. The summed E-state index contributed by atoms with van der Waals surface area (Å²) in [6.45, 7) is 4.46. The molecule has 98 valence electrons. The summed E-state index contributed by atoms with van der Waals surface area (Å²) in [6, 6.07) is 15.3. The number of thioether (sulfide) groups is 1. The van der Waals surface area contributed by atoms with E-state index in [1.54, 1.807) is 0 Å². The van der Waals surface area contributed by atoms with Crippen molar-refractivity contribution in [2.24, 2.45) is 4.99 Å². The largest absolute Gasteiger partial charge is 0.272 e. The topological polar surface area (TPSA) is 12.4 Å². The summed E-state index contributed by atoms with van der Waals surface area (Å²) in [6.07, 6.45) is 2.17. The fraction of sp³-hybridized carbons (Fsp3) is 0.353. The van der Waals surface area contributed by atoms with Crippen molar-refractivity contribution in [1.82, 2.24) is 0 Å². The highest BCUT2D eigenvalue weighted by atomic mass is 32.2. The lowest BCUT2D eigenvalue weighted by Crippen LogP contribution is -2.25. The molecule has 2 aromatic rings. The standard InChI is InChI=1S/C17H19NS/c1-3-16-18-17(2,10-11-19-16)15-9-8-13-6-4-5-7-14(13)12-15/h4-9,12H,3,10-11H2,1-2H3. The predicted molar refractivity (Wildman–Crippen MR) is 86.1 cm³/mol. The molecular formula is C17H19NS. The molecule has 0 N–H and O–H groups in total. The van der Waals surface area contributed by atoms with Crippen molar-refractivity contribution < 1.29 is 0 Å². The van der Waals surface area contributed by atoms with Crippen molar-refractivity contribution in [2.45, 2.75) is 32.2 Å². The van der Waals surface area contributed by atoms with Crippen LogP contribution in [0.5, 0.6) is 0 Å². The van der Waals surface area contributed by atoms with Gasteiger partial charge >= 0.3 is 0 Å². The van der Waals surface area contributed by atoms with Crippen molar-refractivity contribution >= 4 is 27.6 Å². The Bertz CT molecular complexity index is 632. The summed E-state index contributed by atoms with van der Waals surface area (Å²) in [5, 5.41) is 3.91. The van der Waals surface area contributed by atoms with E-state index >= 15 is 0 Å². The Kier molecular flexibility index (Phi) is 3.36. The first-order valence-corrected chi connectivity index (χ1v) is 7.91. The number of hydrogen-bond donors (Lipinski definition) is 0. The minimum atomic E-state index is -0.0410. The lowest BCUT2D eigenvalue weighted by atomic mass is 9.88. The van der Waals surface area contributed by atoms with Gasteiger partial charge in [-0.3, -0.25) is 4.99 Å². The minimum absolute atomic E-state index is 0.0410. The van der Waals surface area contributed by atoms with Gasteiger partial charge in [-0.25, -0.2) is 0 Å². The highest BCUT2D eigenvalue weighted by molar-refractivity contribution is 8.14. The van der Waals surface area contributed by atoms with Crippen molar-refractivity contribution in [2.75, 3.05) is 5.75 Å². The Morgan fingerprint density at radius 2 is 1.95 bits per heavy atom. The van der Waals surface area contributed by atoms with Gasteiger partial charge in [0.05, 0.1) is 10.6 Å². The molecule has 0 amide bonds. The Hall–Kier alpha value is -1.28. The van der Waals surface area contributed by atoms with E-state index in [1.165, 1.54) is 27.1 Å².